The molecular weight excluding hydrogens is 440 g/mol. The Kier molecular flexibility index (Phi) is 6.42. The molecule has 2 aromatic rings. The van der Waals surface area contributed by atoms with Gasteiger partial charge in [0.1, 0.15) is 17.1 Å². The summed E-state index contributed by atoms with van der Waals surface area (Å²) in [5, 5.41) is 0. The molecule has 178 valence electrons. The van der Waals surface area contributed by atoms with E-state index in [0.717, 1.165) is 18.4 Å². The van der Waals surface area contributed by atoms with Gasteiger partial charge in [0.25, 0.3) is 5.91 Å². The summed E-state index contributed by atoms with van der Waals surface area (Å²) in [6.07, 6.45) is 2.36. The van der Waals surface area contributed by atoms with E-state index in [1.54, 1.807) is 11.0 Å². The maximum Gasteiger partial charge on any atom is 0.257 e. The Hall–Kier alpha value is -2.58. The van der Waals surface area contributed by atoms with Crippen LogP contribution in [0.15, 0.2) is 47.4 Å². The summed E-state index contributed by atoms with van der Waals surface area (Å²) < 4.78 is 41.0. The number of ether oxygens (including phenoxy) is 2. The van der Waals surface area contributed by atoms with Gasteiger partial charge in [0.15, 0.2) is 0 Å². The smallest absolute Gasteiger partial charge is 0.257 e. The van der Waals surface area contributed by atoms with E-state index in [0.29, 0.717) is 36.9 Å². The van der Waals surface area contributed by atoms with Gasteiger partial charge in [-0.2, -0.15) is 0 Å². The molecule has 1 saturated heterocycles. The molecule has 1 N–H and O–H groups in total. The first-order valence-electron chi connectivity index (χ1n) is 11.4. The molecule has 7 nitrogen and oxygen atoms in total. The Morgan fingerprint density at radius 3 is 2.55 bits per heavy atom. The van der Waals surface area contributed by atoms with Gasteiger partial charge in [-0.1, -0.05) is 25.1 Å². The molecule has 2 aliphatic heterocycles. The number of rotatable bonds is 5. The van der Waals surface area contributed by atoms with Gasteiger partial charge in [0.05, 0.1) is 23.6 Å². The quantitative estimate of drug-likeness (QED) is 0.707. The molecule has 0 aromatic heterocycles. The number of benzene rings is 2. The van der Waals surface area contributed by atoms with Gasteiger partial charge < -0.3 is 14.4 Å². The molecule has 0 spiro atoms. The van der Waals surface area contributed by atoms with Crippen LogP contribution in [0.5, 0.6) is 11.5 Å². The van der Waals surface area contributed by atoms with E-state index in [4.69, 9.17) is 9.47 Å². The van der Waals surface area contributed by atoms with Gasteiger partial charge in [-0.05, 0) is 56.9 Å². The molecule has 1 amide bonds. The number of amides is 1. The molecule has 0 saturated carbocycles. The number of piperidine rings is 1. The summed E-state index contributed by atoms with van der Waals surface area (Å²) in [7, 11) is -2.42. The number of carbonyl (C=O) groups is 1. The molecule has 0 radical (unpaired) electrons. The monoisotopic (exact) mass is 472 g/mol. The van der Waals surface area contributed by atoms with Gasteiger partial charge in [0.2, 0.25) is 10.0 Å². The standard InChI is InChI=1S/C25H32N2O5S/c1-17-11-13-27(14-12-17)24(28)20-15-18(9-10-22(20)31-4)33(29,30)26-21-16-25(2,3)32-23-8-6-5-7-19(21)23/h5-10,15,17,21,26H,11-14,16H2,1-4H3/t21-/m1/s1. The Morgan fingerprint density at radius 2 is 1.85 bits per heavy atom. The van der Waals surface area contributed by atoms with Crippen molar-refractivity contribution in [1.82, 2.24) is 9.62 Å². The van der Waals surface area contributed by atoms with Crippen LogP contribution < -0.4 is 14.2 Å². The first-order chi connectivity index (χ1) is 15.6. The average molecular weight is 473 g/mol. The molecule has 2 aliphatic rings. The first-order valence-corrected chi connectivity index (χ1v) is 12.9. The summed E-state index contributed by atoms with van der Waals surface area (Å²) in [5.41, 5.74) is 0.545. The first kappa shape index (κ1) is 23.6. The van der Waals surface area contributed by atoms with E-state index in [9.17, 15) is 13.2 Å². The predicted molar refractivity (Wildman–Crippen MR) is 126 cm³/mol. The van der Waals surface area contributed by atoms with Crippen molar-refractivity contribution >= 4 is 15.9 Å². The van der Waals surface area contributed by atoms with Crippen molar-refractivity contribution in [2.45, 2.75) is 56.6 Å². The second kappa shape index (κ2) is 8.99. The summed E-state index contributed by atoms with van der Waals surface area (Å²) in [4.78, 5) is 15.0. The van der Waals surface area contributed by atoms with Crippen LogP contribution >= 0.6 is 0 Å². The fourth-order valence-electron chi connectivity index (χ4n) is 4.57. The Bertz CT molecular complexity index is 1140. The third-order valence-electron chi connectivity index (χ3n) is 6.46. The normalized spacial score (nSPS) is 20.6. The number of methoxy groups -OCH3 is 1. The fraction of sp³-hybridized carbons (Fsp3) is 0.480. The van der Waals surface area contributed by atoms with Crippen molar-refractivity contribution in [1.29, 1.82) is 0 Å². The van der Waals surface area contributed by atoms with E-state index in [1.165, 1.54) is 19.2 Å². The van der Waals surface area contributed by atoms with Crippen molar-refractivity contribution < 1.29 is 22.7 Å². The van der Waals surface area contributed by atoms with Crippen LogP contribution in [0.2, 0.25) is 0 Å². The summed E-state index contributed by atoms with van der Waals surface area (Å²) in [6, 6.07) is 11.5. The second-order valence-corrected chi connectivity index (χ2v) is 11.3. The largest absolute Gasteiger partial charge is 0.496 e. The third-order valence-corrected chi connectivity index (χ3v) is 7.93. The van der Waals surface area contributed by atoms with Crippen LogP contribution in [0.4, 0.5) is 0 Å². The van der Waals surface area contributed by atoms with E-state index < -0.39 is 21.7 Å². The van der Waals surface area contributed by atoms with Gasteiger partial charge in [-0.25, -0.2) is 13.1 Å². The van der Waals surface area contributed by atoms with Gasteiger partial charge in [0, 0.05) is 25.1 Å². The zero-order chi connectivity index (χ0) is 23.8. The van der Waals surface area contributed by atoms with E-state index in [-0.39, 0.29) is 16.4 Å². The number of nitrogens with one attached hydrogen (secondary N) is 1. The number of para-hydroxylation sites is 1. The second-order valence-electron chi connectivity index (χ2n) is 9.61. The molecule has 2 aromatic carbocycles. The van der Waals surface area contributed by atoms with Crippen LogP contribution in [0, 0.1) is 5.92 Å². The molecule has 8 heteroatoms. The molecule has 0 bridgehead atoms. The predicted octanol–water partition coefficient (Wildman–Crippen LogP) is 4.15. The van der Waals surface area contributed by atoms with E-state index in [2.05, 4.69) is 11.6 Å². The molecule has 4 rings (SSSR count). The number of hydrogen-bond acceptors (Lipinski definition) is 5. The highest BCUT2D eigenvalue weighted by atomic mass is 32.2. The zero-order valence-electron chi connectivity index (χ0n) is 19.6. The number of nitrogens with zero attached hydrogens (tertiary/aromatic N) is 1. The lowest BCUT2D eigenvalue weighted by Crippen LogP contribution is -2.41. The van der Waals surface area contributed by atoms with Gasteiger partial charge in [-0.15, -0.1) is 0 Å². The molecule has 1 fully saturated rings. The number of carbonyl (C=O) groups excluding carboxylic acids is 1. The lowest BCUT2D eigenvalue weighted by molar-refractivity contribution is 0.0691. The minimum Gasteiger partial charge on any atom is -0.496 e. The molecule has 0 unspecified atom stereocenters. The summed E-state index contributed by atoms with van der Waals surface area (Å²) in [6.45, 7) is 7.37. The highest BCUT2D eigenvalue weighted by Gasteiger charge is 2.36. The number of likely N-dealkylation sites (tertiary alicyclic amines) is 1. The number of fused-ring (bicyclic) bond motifs is 1. The molecular formula is C25H32N2O5S. The Labute approximate surface area is 196 Å². The SMILES string of the molecule is COc1ccc(S(=O)(=O)N[C@@H]2CC(C)(C)Oc3ccccc32)cc1C(=O)N1CCC(C)CC1. The Morgan fingerprint density at radius 1 is 1.15 bits per heavy atom. The lowest BCUT2D eigenvalue weighted by atomic mass is 9.90. The zero-order valence-corrected chi connectivity index (χ0v) is 20.4. The van der Waals surface area contributed by atoms with Crippen LogP contribution in [0.3, 0.4) is 0 Å². The maximum absolute atomic E-state index is 13.4. The molecule has 1 atom stereocenters. The van der Waals surface area contributed by atoms with Crippen LogP contribution in [-0.4, -0.2) is 45.0 Å². The average Bonchev–Trinajstić information content (AvgIpc) is 2.77. The molecule has 2 heterocycles. The minimum atomic E-state index is -3.91. The minimum absolute atomic E-state index is 0.0406. The summed E-state index contributed by atoms with van der Waals surface area (Å²) >= 11 is 0. The van der Waals surface area contributed by atoms with Crippen LogP contribution in [0.25, 0.3) is 0 Å². The highest BCUT2D eigenvalue weighted by Crippen LogP contribution is 2.40. The Balaban J connectivity index is 1.63. The topological polar surface area (TPSA) is 84.9 Å². The molecule has 33 heavy (non-hydrogen) atoms. The number of hydrogen-bond donors (Lipinski definition) is 1. The molecule has 0 aliphatic carbocycles. The van der Waals surface area contributed by atoms with Crippen molar-refractivity contribution in [3.63, 3.8) is 0 Å². The number of sulfonamides is 1. The van der Waals surface area contributed by atoms with Crippen molar-refractivity contribution in [3.8, 4) is 11.5 Å². The maximum atomic E-state index is 13.4. The fourth-order valence-corrected chi connectivity index (χ4v) is 5.81. The van der Waals surface area contributed by atoms with Crippen LogP contribution in [0.1, 0.15) is 62.0 Å². The third kappa shape index (κ3) is 5.01. The summed E-state index contributed by atoms with van der Waals surface area (Å²) in [5.74, 6) is 1.42. The van der Waals surface area contributed by atoms with Crippen molar-refractivity contribution in [2.75, 3.05) is 20.2 Å². The van der Waals surface area contributed by atoms with E-state index >= 15 is 0 Å². The van der Waals surface area contributed by atoms with Crippen molar-refractivity contribution in [2.24, 2.45) is 5.92 Å². The van der Waals surface area contributed by atoms with Crippen LogP contribution in [-0.2, 0) is 10.0 Å². The van der Waals surface area contributed by atoms with Crippen molar-refractivity contribution in [3.05, 3.63) is 53.6 Å². The van der Waals surface area contributed by atoms with Gasteiger partial charge in [-0.3, -0.25) is 4.79 Å². The highest BCUT2D eigenvalue weighted by molar-refractivity contribution is 7.89. The van der Waals surface area contributed by atoms with E-state index in [1.807, 2.05) is 38.1 Å². The van der Waals surface area contributed by atoms with Gasteiger partial charge >= 0.3 is 0 Å². The lowest BCUT2D eigenvalue weighted by Gasteiger charge is -2.37.